The van der Waals surface area contributed by atoms with Crippen molar-refractivity contribution in [3.8, 4) is 23.0 Å². The van der Waals surface area contributed by atoms with Gasteiger partial charge in [-0.3, -0.25) is 4.79 Å². The van der Waals surface area contributed by atoms with E-state index in [1.165, 1.54) is 6.39 Å². The van der Waals surface area contributed by atoms with Crippen LogP contribution in [0.1, 0.15) is 18.6 Å². The number of benzene rings is 3. The predicted molar refractivity (Wildman–Crippen MR) is 116 cm³/mol. The van der Waals surface area contributed by atoms with Crippen LogP contribution in [0.15, 0.2) is 89.7 Å². The zero-order chi connectivity index (χ0) is 21.5. The van der Waals surface area contributed by atoms with Gasteiger partial charge in [-0.2, -0.15) is 0 Å². The maximum atomic E-state index is 13.2. The highest BCUT2D eigenvalue weighted by molar-refractivity contribution is 5.96. The Hall–Kier alpha value is -4.13. The van der Waals surface area contributed by atoms with Gasteiger partial charge >= 0.3 is 0 Å². The zero-order valence-electron chi connectivity index (χ0n) is 16.9. The van der Waals surface area contributed by atoms with E-state index in [0.29, 0.717) is 29.7 Å². The van der Waals surface area contributed by atoms with Gasteiger partial charge in [0.25, 0.3) is 5.91 Å². The summed E-state index contributed by atoms with van der Waals surface area (Å²) in [4.78, 5) is 13.2. The number of ether oxygens (including phenoxy) is 2. The van der Waals surface area contributed by atoms with Crippen LogP contribution in [0.2, 0.25) is 0 Å². The third-order valence-electron chi connectivity index (χ3n) is 4.50. The smallest absolute Gasteiger partial charge is 0.270 e. The summed E-state index contributed by atoms with van der Waals surface area (Å²) >= 11 is 0. The lowest BCUT2D eigenvalue weighted by molar-refractivity contribution is -0.123. The van der Waals surface area contributed by atoms with Crippen molar-refractivity contribution in [3.63, 3.8) is 0 Å². The Kier molecular flexibility index (Phi) is 6.23. The molecule has 0 aliphatic rings. The number of aromatic nitrogens is 2. The molecule has 1 amide bonds. The Morgan fingerprint density at radius 1 is 1.00 bits per heavy atom. The fourth-order valence-electron chi connectivity index (χ4n) is 3.06. The van der Waals surface area contributed by atoms with E-state index in [4.69, 9.17) is 13.9 Å². The summed E-state index contributed by atoms with van der Waals surface area (Å²) in [6.07, 6.45) is 0.417. The second-order valence-electron chi connectivity index (χ2n) is 6.60. The summed E-state index contributed by atoms with van der Waals surface area (Å²) in [6, 6.07) is 23.8. The summed E-state index contributed by atoms with van der Waals surface area (Å²) in [7, 11) is 0. The van der Waals surface area contributed by atoms with Crippen molar-refractivity contribution in [1.29, 1.82) is 0 Å². The van der Waals surface area contributed by atoms with Crippen molar-refractivity contribution >= 4 is 11.6 Å². The van der Waals surface area contributed by atoms with E-state index < -0.39 is 6.10 Å². The highest BCUT2D eigenvalue weighted by Crippen LogP contribution is 2.29. The van der Waals surface area contributed by atoms with Crippen molar-refractivity contribution in [3.05, 3.63) is 90.8 Å². The van der Waals surface area contributed by atoms with Gasteiger partial charge in [0.15, 0.2) is 0 Å². The molecule has 0 saturated heterocycles. The van der Waals surface area contributed by atoms with Crippen LogP contribution in [-0.2, 0) is 4.79 Å². The van der Waals surface area contributed by atoms with E-state index >= 15 is 0 Å². The van der Waals surface area contributed by atoms with Crippen LogP contribution in [0, 0.1) is 0 Å². The Labute approximate surface area is 179 Å². The van der Waals surface area contributed by atoms with Gasteiger partial charge in [-0.15, -0.1) is 10.2 Å². The summed E-state index contributed by atoms with van der Waals surface area (Å²) < 4.78 is 16.9. The molecule has 0 radical (unpaired) electrons. The lowest BCUT2D eigenvalue weighted by Crippen LogP contribution is -2.26. The van der Waals surface area contributed by atoms with Gasteiger partial charge in [-0.05, 0) is 43.3 Å². The van der Waals surface area contributed by atoms with Crippen molar-refractivity contribution < 1.29 is 18.7 Å². The van der Waals surface area contributed by atoms with Crippen LogP contribution in [-0.4, -0.2) is 22.7 Å². The Balaban J connectivity index is 1.57. The number of amides is 1. The second-order valence-corrected chi connectivity index (χ2v) is 6.60. The molecule has 1 atom stereocenters. The lowest BCUT2D eigenvalue weighted by Gasteiger charge is -2.20. The number of carbonyl (C=O) groups excluding carboxylic acids is 1. The molecule has 1 heterocycles. The van der Waals surface area contributed by atoms with Crippen LogP contribution in [0.25, 0.3) is 11.5 Å². The van der Waals surface area contributed by atoms with Gasteiger partial charge in [-0.1, -0.05) is 42.5 Å². The van der Waals surface area contributed by atoms with Crippen LogP contribution in [0.3, 0.4) is 0 Å². The number of nitrogens with one attached hydrogen (secondary N) is 1. The molecule has 7 heteroatoms. The number of carbonyl (C=O) groups is 1. The van der Waals surface area contributed by atoms with Crippen molar-refractivity contribution in [2.75, 3.05) is 11.9 Å². The molecule has 0 spiro atoms. The quantitative estimate of drug-likeness (QED) is 0.441. The van der Waals surface area contributed by atoms with E-state index in [2.05, 4.69) is 15.5 Å². The minimum absolute atomic E-state index is 0.306. The van der Waals surface area contributed by atoms with Gasteiger partial charge in [0.2, 0.25) is 18.4 Å². The SMILES string of the molecule is CCOc1ccccc1NC(=O)C(Oc1ccc(-c2nnco2)cc1)c1ccccc1. The molecule has 0 aliphatic heterocycles. The number of anilines is 1. The van der Waals surface area contributed by atoms with Crippen molar-refractivity contribution in [2.24, 2.45) is 0 Å². The molecule has 3 aromatic carbocycles. The van der Waals surface area contributed by atoms with E-state index in [1.54, 1.807) is 30.3 Å². The maximum absolute atomic E-state index is 13.2. The lowest BCUT2D eigenvalue weighted by atomic mass is 10.1. The maximum Gasteiger partial charge on any atom is 0.270 e. The first-order valence-electron chi connectivity index (χ1n) is 9.85. The first kappa shape index (κ1) is 20.2. The molecule has 4 aromatic rings. The monoisotopic (exact) mass is 415 g/mol. The molecule has 31 heavy (non-hydrogen) atoms. The third-order valence-corrected chi connectivity index (χ3v) is 4.50. The van der Waals surface area contributed by atoms with Crippen LogP contribution < -0.4 is 14.8 Å². The predicted octanol–water partition coefficient (Wildman–Crippen LogP) is 4.89. The number of nitrogens with zero attached hydrogens (tertiary/aromatic N) is 2. The summed E-state index contributed by atoms with van der Waals surface area (Å²) in [6.45, 7) is 2.39. The molecule has 1 N–H and O–H groups in total. The first-order chi connectivity index (χ1) is 15.2. The number of rotatable bonds is 8. The highest BCUT2D eigenvalue weighted by Gasteiger charge is 2.24. The van der Waals surface area contributed by atoms with Crippen LogP contribution in [0.4, 0.5) is 5.69 Å². The topological polar surface area (TPSA) is 86.5 Å². The van der Waals surface area contributed by atoms with Gasteiger partial charge in [0.05, 0.1) is 12.3 Å². The number of hydrogen-bond acceptors (Lipinski definition) is 6. The second kappa shape index (κ2) is 9.58. The van der Waals surface area contributed by atoms with Gasteiger partial charge in [-0.25, -0.2) is 0 Å². The summed E-state index contributed by atoms with van der Waals surface area (Å²) in [5.74, 6) is 1.25. The average molecular weight is 415 g/mol. The number of hydrogen-bond donors (Lipinski definition) is 1. The van der Waals surface area contributed by atoms with E-state index in [1.807, 2.05) is 55.5 Å². The fourth-order valence-corrected chi connectivity index (χ4v) is 3.06. The Bertz CT molecular complexity index is 1110. The molecule has 1 aromatic heterocycles. The molecule has 156 valence electrons. The Morgan fingerprint density at radius 3 is 2.45 bits per heavy atom. The summed E-state index contributed by atoms with van der Waals surface area (Å²) in [5.41, 5.74) is 2.08. The van der Waals surface area contributed by atoms with E-state index in [9.17, 15) is 4.79 Å². The minimum atomic E-state index is -0.856. The zero-order valence-corrected chi connectivity index (χ0v) is 16.9. The molecule has 0 fully saturated rings. The van der Waals surface area contributed by atoms with Crippen molar-refractivity contribution in [1.82, 2.24) is 10.2 Å². The summed E-state index contributed by atoms with van der Waals surface area (Å²) in [5, 5.41) is 10.5. The molecule has 1 unspecified atom stereocenters. The molecule has 0 aliphatic carbocycles. The van der Waals surface area contributed by atoms with Crippen LogP contribution in [0.5, 0.6) is 11.5 Å². The molecule has 7 nitrogen and oxygen atoms in total. The molecular weight excluding hydrogens is 394 g/mol. The molecular formula is C24H21N3O4. The van der Waals surface area contributed by atoms with E-state index in [-0.39, 0.29) is 5.91 Å². The van der Waals surface area contributed by atoms with Gasteiger partial charge in [0, 0.05) is 11.1 Å². The highest BCUT2D eigenvalue weighted by atomic mass is 16.5. The molecule has 4 rings (SSSR count). The largest absolute Gasteiger partial charge is 0.492 e. The third kappa shape index (κ3) is 4.90. The van der Waals surface area contributed by atoms with Crippen LogP contribution >= 0.6 is 0 Å². The van der Waals surface area contributed by atoms with Crippen molar-refractivity contribution in [2.45, 2.75) is 13.0 Å². The van der Waals surface area contributed by atoms with E-state index in [0.717, 1.165) is 11.1 Å². The average Bonchev–Trinajstić information content (AvgIpc) is 3.35. The Morgan fingerprint density at radius 2 is 1.74 bits per heavy atom. The molecule has 0 bridgehead atoms. The number of para-hydroxylation sites is 2. The molecule has 0 saturated carbocycles. The first-order valence-corrected chi connectivity index (χ1v) is 9.85. The van der Waals surface area contributed by atoms with Gasteiger partial charge in [0.1, 0.15) is 11.5 Å². The van der Waals surface area contributed by atoms with Gasteiger partial charge < -0.3 is 19.2 Å². The minimum Gasteiger partial charge on any atom is -0.492 e. The normalized spacial score (nSPS) is 11.5. The fraction of sp³-hybridized carbons (Fsp3) is 0.125. The standard InChI is InChI=1S/C24H21N3O4/c1-2-29-21-11-7-6-10-20(21)26-23(28)22(17-8-4-3-5-9-17)31-19-14-12-18(13-15-19)24-27-25-16-30-24/h3-16,22H,2H2,1H3,(H,26,28).